The molecular formula is C19H26N2. The zero-order valence-corrected chi connectivity index (χ0v) is 13.2. The Labute approximate surface area is 128 Å². The van der Waals surface area contributed by atoms with E-state index in [4.69, 9.17) is 0 Å². The van der Waals surface area contributed by atoms with E-state index < -0.39 is 0 Å². The fourth-order valence-electron chi connectivity index (χ4n) is 3.49. The van der Waals surface area contributed by atoms with Gasteiger partial charge in [-0.3, -0.25) is 0 Å². The van der Waals surface area contributed by atoms with Gasteiger partial charge in [0.25, 0.3) is 0 Å². The molecule has 112 valence electrons. The Morgan fingerprint density at radius 2 is 1.81 bits per heavy atom. The molecule has 2 nitrogen and oxygen atoms in total. The zero-order chi connectivity index (χ0) is 14.7. The van der Waals surface area contributed by atoms with Gasteiger partial charge in [0.15, 0.2) is 0 Å². The average molecular weight is 282 g/mol. The third-order valence-electron chi connectivity index (χ3n) is 4.81. The highest BCUT2D eigenvalue weighted by Gasteiger charge is 2.20. The first-order valence-electron chi connectivity index (χ1n) is 8.24. The lowest BCUT2D eigenvalue weighted by Crippen LogP contribution is -2.43. The van der Waals surface area contributed by atoms with E-state index in [9.17, 15) is 0 Å². The first-order chi connectivity index (χ1) is 10.3. The van der Waals surface area contributed by atoms with E-state index in [-0.39, 0.29) is 0 Å². The molecule has 1 unspecified atom stereocenters. The van der Waals surface area contributed by atoms with Gasteiger partial charge in [0, 0.05) is 12.1 Å². The van der Waals surface area contributed by atoms with Crippen LogP contribution < -0.4 is 5.32 Å². The summed E-state index contributed by atoms with van der Waals surface area (Å²) in [7, 11) is 0. The summed E-state index contributed by atoms with van der Waals surface area (Å²) in [6.45, 7) is 8.21. The van der Waals surface area contributed by atoms with E-state index in [1.807, 2.05) is 0 Å². The Morgan fingerprint density at radius 1 is 1.10 bits per heavy atom. The summed E-state index contributed by atoms with van der Waals surface area (Å²) in [5.74, 6) is 0. The molecule has 2 heteroatoms. The van der Waals surface area contributed by atoms with Crippen molar-refractivity contribution in [3.05, 3.63) is 48.0 Å². The van der Waals surface area contributed by atoms with E-state index >= 15 is 0 Å². The largest absolute Gasteiger partial charge is 0.307 e. The number of fused-ring (bicyclic) bond motifs is 1. The van der Waals surface area contributed by atoms with E-state index in [2.05, 4.69) is 66.5 Å². The van der Waals surface area contributed by atoms with Gasteiger partial charge in [-0.25, -0.2) is 0 Å². The lowest BCUT2D eigenvalue weighted by Gasteiger charge is -2.33. The number of nitrogens with one attached hydrogen (secondary N) is 1. The summed E-state index contributed by atoms with van der Waals surface area (Å²) in [6.07, 6.45) is 2.53. The maximum atomic E-state index is 3.85. The number of piperidine rings is 1. The third kappa shape index (κ3) is 3.28. The molecule has 1 N–H and O–H groups in total. The second-order valence-corrected chi connectivity index (χ2v) is 6.17. The maximum absolute atomic E-state index is 3.85. The molecule has 1 saturated heterocycles. The fraction of sp³-hybridized carbons (Fsp3) is 0.474. The summed E-state index contributed by atoms with van der Waals surface area (Å²) in [5, 5.41) is 6.56. The predicted molar refractivity (Wildman–Crippen MR) is 90.6 cm³/mol. The van der Waals surface area contributed by atoms with Crippen LogP contribution in [0.15, 0.2) is 42.5 Å². The molecule has 1 aliphatic heterocycles. The number of benzene rings is 2. The number of nitrogens with zero attached hydrogens (tertiary/aromatic N) is 1. The molecule has 1 atom stereocenters. The molecule has 1 heterocycles. The van der Waals surface area contributed by atoms with Crippen LogP contribution >= 0.6 is 0 Å². The van der Waals surface area contributed by atoms with Gasteiger partial charge < -0.3 is 10.2 Å². The van der Waals surface area contributed by atoms with Gasteiger partial charge >= 0.3 is 0 Å². The van der Waals surface area contributed by atoms with E-state index in [1.165, 1.54) is 48.8 Å². The Kier molecular flexibility index (Phi) is 4.57. The van der Waals surface area contributed by atoms with E-state index in [1.54, 1.807) is 0 Å². The smallest absolute Gasteiger partial charge is 0.0300 e. The lowest BCUT2D eigenvalue weighted by atomic mass is 9.97. The predicted octanol–water partition coefficient (Wildman–Crippen LogP) is 3.97. The topological polar surface area (TPSA) is 15.3 Å². The maximum Gasteiger partial charge on any atom is 0.0300 e. The number of hydrogen-bond acceptors (Lipinski definition) is 2. The van der Waals surface area contributed by atoms with Crippen molar-refractivity contribution in [1.82, 2.24) is 10.2 Å². The summed E-state index contributed by atoms with van der Waals surface area (Å²) >= 11 is 0. The van der Waals surface area contributed by atoms with Crippen molar-refractivity contribution in [3.8, 4) is 0 Å². The quantitative estimate of drug-likeness (QED) is 0.912. The molecule has 0 aliphatic carbocycles. The van der Waals surface area contributed by atoms with Crippen molar-refractivity contribution in [2.45, 2.75) is 38.8 Å². The minimum Gasteiger partial charge on any atom is -0.307 e. The molecule has 0 aromatic heterocycles. The Bertz CT molecular complexity index is 580. The standard InChI is InChI=1S/C19H26N2/c1-3-21-13-11-17(12-14-21)20-15(2)18-10-6-8-16-7-4-5-9-19(16)18/h4-10,15,17,20H,3,11-14H2,1-2H3. The molecule has 2 aromatic rings. The van der Waals surface area contributed by atoms with Gasteiger partial charge in [-0.2, -0.15) is 0 Å². The minimum absolute atomic E-state index is 0.411. The van der Waals surface area contributed by atoms with Crippen LogP contribution in [0.1, 0.15) is 38.3 Å². The average Bonchev–Trinajstić information content (AvgIpc) is 2.55. The zero-order valence-electron chi connectivity index (χ0n) is 13.2. The molecule has 0 radical (unpaired) electrons. The molecule has 2 aromatic carbocycles. The van der Waals surface area contributed by atoms with Gasteiger partial charge in [0.2, 0.25) is 0 Å². The monoisotopic (exact) mass is 282 g/mol. The highest BCUT2D eigenvalue weighted by molar-refractivity contribution is 5.86. The van der Waals surface area contributed by atoms with Crippen LogP contribution in [-0.4, -0.2) is 30.6 Å². The summed E-state index contributed by atoms with van der Waals surface area (Å²) in [4.78, 5) is 2.54. The van der Waals surface area contributed by atoms with Crippen molar-refractivity contribution >= 4 is 10.8 Å². The van der Waals surface area contributed by atoms with Crippen molar-refractivity contribution in [3.63, 3.8) is 0 Å². The molecule has 0 amide bonds. The molecule has 0 saturated carbocycles. The minimum atomic E-state index is 0.411. The Hall–Kier alpha value is -1.38. The van der Waals surface area contributed by atoms with Crippen molar-refractivity contribution in [2.24, 2.45) is 0 Å². The number of hydrogen-bond donors (Lipinski definition) is 1. The van der Waals surface area contributed by atoms with Crippen molar-refractivity contribution < 1.29 is 0 Å². The van der Waals surface area contributed by atoms with Gasteiger partial charge in [-0.05, 0) is 55.7 Å². The lowest BCUT2D eigenvalue weighted by molar-refractivity contribution is 0.200. The molecule has 1 aliphatic rings. The third-order valence-corrected chi connectivity index (χ3v) is 4.81. The van der Waals surface area contributed by atoms with Gasteiger partial charge in [-0.15, -0.1) is 0 Å². The van der Waals surface area contributed by atoms with Gasteiger partial charge in [0.1, 0.15) is 0 Å². The highest BCUT2D eigenvalue weighted by Crippen LogP contribution is 2.25. The normalized spacial score (nSPS) is 19.0. The van der Waals surface area contributed by atoms with Gasteiger partial charge in [-0.1, -0.05) is 49.4 Å². The first kappa shape index (κ1) is 14.6. The number of rotatable bonds is 4. The molecule has 0 spiro atoms. The van der Waals surface area contributed by atoms with Crippen LogP contribution in [0.25, 0.3) is 10.8 Å². The summed E-state index contributed by atoms with van der Waals surface area (Å²) in [5.41, 5.74) is 1.42. The second-order valence-electron chi connectivity index (χ2n) is 6.17. The van der Waals surface area contributed by atoms with Crippen LogP contribution in [0.5, 0.6) is 0 Å². The van der Waals surface area contributed by atoms with Crippen LogP contribution in [0.3, 0.4) is 0 Å². The van der Waals surface area contributed by atoms with Crippen LogP contribution in [0.2, 0.25) is 0 Å². The van der Waals surface area contributed by atoms with Crippen molar-refractivity contribution in [2.75, 3.05) is 19.6 Å². The van der Waals surface area contributed by atoms with E-state index in [0.29, 0.717) is 12.1 Å². The van der Waals surface area contributed by atoms with Crippen LogP contribution in [-0.2, 0) is 0 Å². The second kappa shape index (κ2) is 6.59. The molecule has 3 rings (SSSR count). The number of likely N-dealkylation sites (tertiary alicyclic amines) is 1. The molecular weight excluding hydrogens is 256 g/mol. The molecule has 21 heavy (non-hydrogen) atoms. The fourth-order valence-corrected chi connectivity index (χ4v) is 3.49. The van der Waals surface area contributed by atoms with Gasteiger partial charge in [0.05, 0.1) is 0 Å². The molecule has 1 fully saturated rings. The summed E-state index contributed by atoms with van der Waals surface area (Å²) < 4.78 is 0. The summed E-state index contributed by atoms with van der Waals surface area (Å²) in [6, 6.07) is 16.4. The molecule has 0 bridgehead atoms. The van der Waals surface area contributed by atoms with E-state index in [0.717, 1.165) is 0 Å². The Morgan fingerprint density at radius 3 is 2.57 bits per heavy atom. The first-order valence-corrected chi connectivity index (χ1v) is 8.24. The highest BCUT2D eigenvalue weighted by atomic mass is 15.1. The van der Waals surface area contributed by atoms with Crippen molar-refractivity contribution in [1.29, 1.82) is 0 Å². The Balaban J connectivity index is 1.71. The van der Waals surface area contributed by atoms with Crippen LogP contribution in [0, 0.1) is 0 Å². The van der Waals surface area contributed by atoms with Crippen LogP contribution in [0.4, 0.5) is 0 Å². The SMILES string of the molecule is CCN1CCC(NC(C)c2cccc3ccccc23)CC1.